The van der Waals surface area contributed by atoms with Crippen molar-refractivity contribution in [2.45, 2.75) is 63.8 Å². The molecule has 23 heavy (non-hydrogen) atoms. The maximum absolute atomic E-state index is 12.8. The summed E-state index contributed by atoms with van der Waals surface area (Å²) in [5.41, 5.74) is 0. The Morgan fingerprint density at radius 3 is 2.87 bits per heavy atom. The number of hydrogen-bond acceptors (Lipinski definition) is 6. The summed E-state index contributed by atoms with van der Waals surface area (Å²) in [6.07, 6.45) is 4.98. The molecular weight excluding hydrogens is 298 g/mol. The summed E-state index contributed by atoms with van der Waals surface area (Å²) < 4.78 is 10.5. The number of fused-ring (bicyclic) bond motifs is 1. The van der Waals surface area contributed by atoms with Gasteiger partial charge in [0.1, 0.15) is 12.1 Å². The summed E-state index contributed by atoms with van der Waals surface area (Å²) in [5.74, 6) is -0.321. The van der Waals surface area contributed by atoms with Crippen LogP contribution in [0.3, 0.4) is 0 Å². The molecule has 0 aliphatic carbocycles. The van der Waals surface area contributed by atoms with Crippen molar-refractivity contribution >= 4 is 11.9 Å². The fraction of sp³-hybridized carbons (Fsp3) is 0.875. The Hall–Kier alpha value is -1.18. The SMILES string of the molecule is CCOC1OC(=O)CC1NC(=O)C1CCCN2CCCCCN12. The molecule has 3 aliphatic heterocycles. The summed E-state index contributed by atoms with van der Waals surface area (Å²) in [4.78, 5) is 24.3. The minimum Gasteiger partial charge on any atom is -0.433 e. The second-order valence-corrected chi connectivity index (χ2v) is 6.47. The number of cyclic esters (lactones) is 1. The molecule has 3 unspecified atom stereocenters. The predicted molar refractivity (Wildman–Crippen MR) is 83.2 cm³/mol. The van der Waals surface area contributed by atoms with E-state index in [9.17, 15) is 9.59 Å². The van der Waals surface area contributed by atoms with Gasteiger partial charge in [0.05, 0.1) is 6.42 Å². The number of carbonyl (C=O) groups is 2. The molecule has 0 aromatic rings. The van der Waals surface area contributed by atoms with Gasteiger partial charge in [0.2, 0.25) is 12.2 Å². The van der Waals surface area contributed by atoms with E-state index in [1.54, 1.807) is 0 Å². The van der Waals surface area contributed by atoms with E-state index in [-0.39, 0.29) is 30.4 Å². The van der Waals surface area contributed by atoms with Gasteiger partial charge in [-0.3, -0.25) is 9.59 Å². The Morgan fingerprint density at radius 2 is 2.04 bits per heavy atom. The molecule has 0 aromatic carbocycles. The Morgan fingerprint density at radius 1 is 1.26 bits per heavy atom. The van der Waals surface area contributed by atoms with Crippen LogP contribution >= 0.6 is 0 Å². The third-order valence-corrected chi connectivity index (χ3v) is 4.84. The highest BCUT2D eigenvalue weighted by molar-refractivity contribution is 5.83. The van der Waals surface area contributed by atoms with E-state index in [0.717, 1.165) is 38.9 Å². The standard InChI is InChI=1S/C16H27N3O4/c1-2-22-16-12(11-14(20)23-16)17-15(21)13-7-6-9-18-8-4-3-5-10-19(13)18/h12-13,16H,2-11H2,1H3,(H,17,21). The number of amides is 1. The molecule has 7 nitrogen and oxygen atoms in total. The second kappa shape index (κ2) is 7.59. The highest BCUT2D eigenvalue weighted by Gasteiger charge is 2.40. The van der Waals surface area contributed by atoms with Gasteiger partial charge in [-0.05, 0) is 32.6 Å². The third kappa shape index (κ3) is 3.84. The quantitative estimate of drug-likeness (QED) is 0.765. The van der Waals surface area contributed by atoms with Crippen LogP contribution in [0.4, 0.5) is 0 Å². The smallest absolute Gasteiger partial charge is 0.310 e. The summed E-state index contributed by atoms with van der Waals surface area (Å²) >= 11 is 0. The molecule has 0 saturated carbocycles. The molecule has 3 fully saturated rings. The van der Waals surface area contributed by atoms with Gasteiger partial charge in [0.25, 0.3) is 0 Å². The summed E-state index contributed by atoms with van der Waals surface area (Å²) in [6, 6.07) is -0.517. The van der Waals surface area contributed by atoms with Gasteiger partial charge in [0, 0.05) is 26.2 Å². The largest absolute Gasteiger partial charge is 0.433 e. The number of ether oxygens (including phenoxy) is 2. The van der Waals surface area contributed by atoms with Crippen LogP contribution in [0.25, 0.3) is 0 Å². The third-order valence-electron chi connectivity index (χ3n) is 4.84. The number of nitrogens with one attached hydrogen (secondary N) is 1. The van der Waals surface area contributed by atoms with Gasteiger partial charge in [-0.1, -0.05) is 6.42 Å². The fourth-order valence-corrected chi connectivity index (χ4v) is 3.74. The maximum Gasteiger partial charge on any atom is 0.310 e. The van der Waals surface area contributed by atoms with Crippen molar-refractivity contribution in [2.24, 2.45) is 0 Å². The average molecular weight is 325 g/mol. The average Bonchev–Trinajstić information content (AvgIpc) is 2.75. The zero-order chi connectivity index (χ0) is 16.2. The lowest BCUT2D eigenvalue weighted by Gasteiger charge is -2.42. The van der Waals surface area contributed by atoms with Crippen LogP contribution in [-0.2, 0) is 19.1 Å². The van der Waals surface area contributed by atoms with Crippen LogP contribution in [-0.4, -0.2) is 66.5 Å². The normalized spacial score (nSPS) is 32.9. The van der Waals surface area contributed by atoms with Crippen LogP contribution in [0.15, 0.2) is 0 Å². The topological polar surface area (TPSA) is 71.1 Å². The Balaban J connectivity index is 1.63. The van der Waals surface area contributed by atoms with E-state index in [0.29, 0.717) is 6.61 Å². The number of carbonyl (C=O) groups excluding carboxylic acids is 2. The number of hydrogen-bond donors (Lipinski definition) is 1. The first-order valence-electron chi connectivity index (χ1n) is 8.82. The van der Waals surface area contributed by atoms with Gasteiger partial charge in [-0.2, -0.15) is 0 Å². The van der Waals surface area contributed by atoms with Crippen molar-refractivity contribution in [3.8, 4) is 0 Å². The van der Waals surface area contributed by atoms with E-state index < -0.39 is 6.29 Å². The highest BCUT2D eigenvalue weighted by atomic mass is 16.7. The lowest BCUT2D eigenvalue weighted by Crippen LogP contribution is -2.59. The monoisotopic (exact) mass is 325 g/mol. The Kier molecular flexibility index (Phi) is 5.50. The van der Waals surface area contributed by atoms with Crippen molar-refractivity contribution < 1.29 is 19.1 Å². The molecule has 1 amide bonds. The molecule has 3 rings (SSSR count). The zero-order valence-corrected chi connectivity index (χ0v) is 13.8. The molecule has 1 N–H and O–H groups in total. The predicted octanol–water partition coefficient (Wildman–Crippen LogP) is 0.646. The first kappa shape index (κ1) is 16.7. The molecule has 3 heterocycles. The zero-order valence-electron chi connectivity index (χ0n) is 13.8. The summed E-state index contributed by atoms with van der Waals surface area (Å²) in [7, 11) is 0. The minimum absolute atomic E-state index is 0.00963. The molecule has 130 valence electrons. The van der Waals surface area contributed by atoms with E-state index in [4.69, 9.17) is 9.47 Å². The molecule has 0 spiro atoms. The van der Waals surface area contributed by atoms with Crippen LogP contribution in [0, 0.1) is 0 Å². The number of esters is 1. The highest BCUT2D eigenvalue weighted by Crippen LogP contribution is 2.24. The molecule has 0 aromatic heterocycles. The minimum atomic E-state index is -0.653. The first-order valence-corrected chi connectivity index (χ1v) is 8.82. The summed E-state index contributed by atoms with van der Waals surface area (Å²) in [5, 5.41) is 7.55. The Labute approximate surface area is 137 Å². The molecule has 3 saturated heterocycles. The van der Waals surface area contributed by atoms with Gasteiger partial charge in [-0.25, -0.2) is 10.0 Å². The lowest BCUT2D eigenvalue weighted by atomic mass is 10.1. The van der Waals surface area contributed by atoms with Crippen molar-refractivity contribution in [2.75, 3.05) is 26.2 Å². The van der Waals surface area contributed by atoms with Gasteiger partial charge >= 0.3 is 5.97 Å². The Bertz CT molecular complexity index is 445. The van der Waals surface area contributed by atoms with Gasteiger partial charge in [-0.15, -0.1) is 0 Å². The van der Waals surface area contributed by atoms with E-state index >= 15 is 0 Å². The van der Waals surface area contributed by atoms with Crippen LogP contribution in [0.2, 0.25) is 0 Å². The van der Waals surface area contributed by atoms with Gasteiger partial charge < -0.3 is 14.8 Å². The first-order chi connectivity index (χ1) is 11.2. The van der Waals surface area contributed by atoms with Crippen LogP contribution in [0.5, 0.6) is 0 Å². The molecule has 7 heteroatoms. The van der Waals surface area contributed by atoms with Crippen molar-refractivity contribution in [1.29, 1.82) is 0 Å². The molecule has 3 atom stereocenters. The molecule has 0 bridgehead atoms. The number of hydrazine groups is 1. The number of nitrogens with zero attached hydrogens (tertiary/aromatic N) is 2. The van der Waals surface area contributed by atoms with E-state index in [1.807, 2.05) is 6.92 Å². The fourth-order valence-electron chi connectivity index (χ4n) is 3.74. The van der Waals surface area contributed by atoms with Crippen molar-refractivity contribution in [3.05, 3.63) is 0 Å². The number of rotatable bonds is 4. The molecule has 0 radical (unpaired) electrons. The lowest BCUT2D eigenvalue weighted by molar-refractivity contribution is -0.165. The van der Waals surface area contributed by atoms with E-state index in [2.05, 4.69) is 15.3 Å². The van der Waals surface area contributed by atoms with Crippen molar-refractivity contribution in [1.82, 2.24) is 15.3 Å². The van der Waals surface area contributed by atoms with Crippen LogP contribution < -0.4 is 5.32 Å². The molecule has 3 aliphatic rings. The van der Waals surface area contributed by atoms with Gasteiger partial charge in [0.15, 0.2) is 0 Å². The van der Waals surface area contributed by atoms with E-state index in [1.165, 1.54) is 12.8 Å². The maximum atomic E-state index is 12.8. The second-order valence-electron chi connectivity index (χ2n) is 6.47. The summed E-state index contributed by atoms with van der Waals surface area (Å²) in [6.45, 7) is 5.31. The van der Waals surface area contributed by atoms with Crippen LogP contribution in [0.1, 0.15) is 45.4 Å². The molecular formula is C16H27N3O4. The van der Waals surface area contributed by atoms with Crippen molar-refractivity contribution in [3.63, 3.8) is 0 Å².